The molecule has 1 aliphatic rings. The molecule has 4 rings (SSSR count). The van der Waals surface area contributed by atoms with Crippen LogP contribution in [0.1, 0.15) is 35.3 Å². The Morgan fingerprint density at radius 2 is 1.59 bits per heavy atom. The molecule has 168 valence electrons. The van der Waals surface area contributed by atoms with Crippen LogP contribution in [0.4, 0.5) is 0 Å². The van der Waals surface area contributed by atoms with E-state index in [4.69, 9.17) is 0 Å². The molecule has 0 bridgehead atoms. The van der Waals surface area contributed by atoms with Crippen LogP contribution in [0, 0.1) is 6.92 Å². The molecule has 3 aromatic rings. The maximum absolute atomic E-state index is 12.8. The van der Waals surface area contributed by atoms with Crippen LogP contribution in [0.2, 0.25) is 0 Å². The highest BCUT2D eigenvalue weighted by molar-refractivity contribution is 7.98. The number of aryl methyl sites for hydroxylation is 1. The summed E-state index contributed by atoms with van der Waals surface area (Å²) in [7, 11) is 0. The van der Waals surface area contributed by atoms with Crippen LogP contribution in [0.25, 0.3) is 11.4 Å². The van der Waals surface area contributed by atoms with E-state index < -0.39 is 0 Å². The summed E-state index contributed by atoms with van der Waals surface area (Å²) in [5.41, 5.74) is 4.25. The van der Waals surface area contributed by atoms with E-state index in [9.17, 15) is 4.79 Å². The van der Waals surface area contributed by atoms with Gasteiger partial charge in [0.15, 0.2) is 11.0 Å². The summed E-state index contributed by atoms with van der Waals surface area (Å²) in [5, 5.41) is 9.78. The summed E-state index contributed by atoms with van der Waals surface area (Å²) in [6.07, 6.45) is 0. The van der Waals surface area contributed by atoms with Crippen molar-refractivity contribution in [2.75, 3.05) is 32.7 Å². The fourth-order valence-corrected chi connectivity index (χ4v) is 4.90. The predicted octanol–water partition coefficient (Wildman–Crippen LogP) is 4.34. The van der Waals surface area contributed by atoms with E-state index in [0.717, 1.165) is 67.1 Å². The molecule has 0 atom stereocenters. The molecule has 1 amide bonds. The first kappa shape index (κ1) is 22.6. The zero-order valence-electron chi connectivity index (χ0n) is 19.1. The molecule has 1 aromatic heterocycles. The van der Waals surface area contributed by atoms with E-state index in [1.54, 1.807) is 11.8 Å². The van der Waals surface area contributed by atoms with E-state index in [2.05, 4.69) is 76.8 Å². The van der Waals surface area contributed by atoms with Crippen LogP contribution in [0.5, 0.6) is 0 Å². The second kappa shape index (κ2) is 10.3. The summed E-state index contributed by atoms with van der Waals surface area (Å²) in [5.74, 6) is 1.82. The molecule has 0 aliphatic carbocycles. The minimum absolute atomic E-state index is 0.133. The number of benzene rings is 2. The number of thioether (sulfide) groups is 1. The Labute approximate surface area is 194 Å². The molecule has 2 aromatic carbocycles. The lowest BCUT2D eigenvalue weighted by Gasteiger charge is -2.34. The Morgan fingerprint density at radius 1 is 0.906 bits per heavy atom. The zero-order valence-corrected chi connectivity index (χ0v) is 19.9. The third kappa shape index (κ3) is 5.05. The molecule has 7 heteroatoms. The largest absolute Gasteiger partial charge is 0.336 e. The number of likely N-dealkylation sites (N-methyl/N-ethyl adjacent to an activating group) is 1. The van der Waals surface area contributed by atoms with Crippen molar-refractivity contribution in [3.05, 3.63) is 65.2 Å². The normalized spacial score (nSPS) is 14.7. The average molecular weight is 450 g/mol. The number of piperazine rings is 1. The number of rotatable bonds is 7. The SMILES string of the molecule is CCN1CCN(C(=O)c2ccc(CSc3nnc(-c4ccc(C)cc4)n3CC)cc2)CC1. The molecule has 0 unspecified atom stereocenters. The van der Waals surface area contributed by atoms with Crippen LogP contribution >= 0.6 is 11.8 Å². The van der Waals surface area contributed by atoms with Crippen molar-refractivity contribution in [3.8, 4) is 11.4 Å². The quantitative estimate of drug-likeness (QED) is 0.502. The number of hydrogen-bond acceptors (Lipinski definition) is 5. The molecule has 2 heterocycles. The van der Waals surface area contributed by atoms with Gasteiger partial charge in [0.1, 0.15) is 0 Å². The Bertz CT molecular complexity index is 1040. The van der Waals surface area contributed by atoms with Gasteiger partial charge < -0.3 is 14.4 Å². The highest BCUT2D eigenvalue weighted by atomic mass is 32.2. The molecule has 32 heavy (non-hydrogen) atoms. The lowest BCUT2D eigenvalue weighted by Crippen LogP contribution is -2.48. The van der Waals surface area contributed by atoms with Gasteiger partial charge in [-0.3, -0.25) is 4.79 Å². The molecular weight excluding hydrogens is 418 g/mol. The first-order valence-corrected chi connectivity index (χ1v) is 12.3. The van der Waals surface area contributed by atoms with Crippen LogP contribution in [-0.4, -0.2) is 63.2 Å². The standard InChI is InChI=1S/C25H31N5OS/c1-4-28-14-16-29(17-15-28)24(31)22-12-8-20(9-13-22)18-32-25-27-26-23(30(25)5-2)21-10-6-19(3)7-11-21/h6-13H,4-5,14-18H2,1-3H3. The molecule has 1 saturated heterocycles. The maximum Gasteiger partial charge on any atom is 0.253 e. The lowest BCUT2D eigenvalue weighted by atomic mass is 10.1. The van der Waals surface area contributed by atoms with Crippen molar-refractivity contribution in [3.63, 3.8) is 0 Å². The third-order valence-electron chi connectivity index (χ3n) is 6.02. The maximum atomic E-state index is 12.8. The van der Waals surface area contributed by atoms with Crippen molar-refractivity contribution >= 4 is 17.7 Å². The minimum Gasteiger partial charge on any atom is -0.336 e. The van der Waals surface area contributed by atoms with Gasteiger partial charge in [0.25, 0.3) is 5.91 Å². The summed E-state index contributed by atoms with van der Waals surface area (Å²) in [6.45, 7) is 11.8. The van der Waals surface area contributed by atoms with Gasteiger partial charge in [0.05, 0.1) is 0 Å². The lowest BCUT2D eigenvalue weighted by molar-refractivity contribution is 0.0643. The zero-order chi connectivity index (χ0) is 22.5. The summed E-state index contributed by atoms with van der Waals surface area (Å²) in [4.78, 5) is 17.2. The van der Waals surface area contributed by atoms with E-state index in [1.165, 1.54) is 11.1 Å². The Kier molecular flexibility index (Phi) is 7.27. The van der Waals surface area contributed by atoms with E-state index in [1.807, 2.05) is 17.0 Å². The molecule has 0 saturated carbocycles. The Hall–Kier alpha value is -2.64. The smallest absolute Gasteiger partial charge is 0.253 e. The fourth-order valence-electron chi connectivity index (χ4n) is 3.94. The van der Waals surface area contributed by atoms with Crippen LogP contribution in [0.15, 0.2) is 53.7 Å². The van der Waals surface area contributed by atoms with Crippen molar-refractivity contribution in [1.29, 1.82) is 0 Å². The summed E-state index contributed by atoms with van der Waals surface area (Å²) < 4.78 is 2.16. The van der Waals surface area contributed by atoms with Gasteiger partial charge in [0.2, 0.25) is 0 Å². The topological polar surface area (TPSA) is 54.3 Å². The number of nitrogens with zero attached hydrogens (tertiary/aromatic N) is 5. The minimum atomic E-state index is 0.133. The van der Waals surface area contributed by atoms with Crippen LogP contribution in [-0.2, 0) is 12.3 Å². The monoisotopic (exact) mass is 449 g/mol. The van der Waals surface area contributed by atoms with E-state index in [-0.39, 0.29) is 5.91 Å². The molecule has 0 N–H and O–H groups in total. The molecule has 1 aliphatic heterocycles. The number of amides is 1. The molecule has 0 spiro atoms. The second-order valence-corrected chi connectivity index (χ2v) is 9.07. The van der Waals surface area contributed by atoms with Crippen molar-refractivity contribution < 1.29 is 4.79 Å². The molecule has 6 nitrogen and oxygen atoms in total. The summed E-state index contributed by atoms with van der Waals surface area (Å²) in [6, 6.07) is 16.4. The molecule has 1 fully saturated rings. The summed E-state index contributed by atoms with van der Waals surface area (Å²) >= 11 is 1.68. The fraction of sp³-hybridized carbons (Fsp3) is 0.400. The molecule has 0 radical (unpaired) electrons. The van der Waals surface area contributed by atoms with Gasteiger partial charge in [-0.05, 0) is 38.1 Å². The molecular formula is C25H31N5OS. The van der Waals surface area contributed by atoms with Gasteiger partial charge >= 0.3 is 0 Å². The number of aromatic nitrogens is 3. The van der Waals surface area contributed by atoms with E-state index >= 15 is 0 Å². The number of carbonyl (C=O) groups is 1. The van der Waals surface area contributed by atoms with E-state index in [0.29, 0.717) is 0 Å². The number of hydrogen-bond donors (Lipinski definition) is 0. The van der Waals surface area contributed by atoms with Crippen molar-refractivity contribution in [2.45, 2.75) is 38.2 Å². The van der Waals surface area contributed by atoms with Crippen LogP contribution in [0.3, 0.4) is 0 Å². The first-order chi connectivity index (χ1) is 15.6. The van der Waals surface area contributed by atoms with Crippen molar-refractivity contribution in [1.82, 2.24) is 24.6 Å². The Morgan fingerprint density at radius 3 is 2.22 bits per heavy atom. The van der Waals surface area contributed by atoms with Gasteiger partial charge in [-0.2, -0.15) is 0 Å². The predicted molar refractivity (Wildman–Crippen MR) is 130 cm³/mol. The highest BCUT2D eigenvalue weighted by Gasteiger charge is 2.21. The number of carbonyl (C=O) groups excluding carboxylic acids is 1. The van der Waals surface area contributed by atoms with Gasteiger partial charge in [-0.25, -0.2) is 0 Å². The van der Waals surface area contributed by atoms with Crippen LogP contribution < -0.4 is 0 Å². The third-order valence-corrected chi connectivity index (χ3v) is 7.06. The Balaban J connectivity index is 1.38. The average Bonchev–Trinajstić information content (AvgIpc) is 3.26. The second-order valence-electron chi connectivity index (χ2n) is 8.13. The van der Waals surface area contributed by atoms with Gasteiger partial charge in [0, 0.05) is 49.6 Å². The first-order valence-electron chi connectivity index (χ1n) is 11.3. The van der Waals surface area contributed by atoms with Gasteiger partial charge in [-0.1, -0.05) is 60.6 Å². The van der Waals surface area contributed by atoms with Gasteiger partial charge in [-0.15, -0.1) is 10.2 Å². The van der Waals surface area contributed by atoms with Crippen molar-refractivity contribution in [2.24, 2.45) is 0 Å². The highest BCUT2D eigenvalue weighted by Crippen LogP contribution is 2.26.